The van der Waals surface area contributed by atoms with E-state index in [-0.39, 0.29) is 5.60 Å². The lowest BCUT2D eigenvalue weighted by Gasteiger charge is -2.27. The van der Waals surface area contributed by atoms with Gasteiger partial charge in [0.05, 0.1) is 18.3 Å². The molecule has 0 spiro atoms. The first-order chi connectivity index (χ1) is 7.06. The van der Waals surface area contributed by atoms with Crippen LogP contribution in [0.25, 0.3) is 0 Å². The predicted molar refractivity (Wildman–Crippen MR) is 60.0 cm³/mol. The number of fused-ring (bicyclic) bond motifs is 1. The van der Waals surface area contributed by atoms with Crippen molar-refractivity contribution in [2.24, 2.45) is 0 Å². The quantitative estimate of drug-likeness (QED) is 0.663. The SMILES string of the molecule is CC(C)(C)OCCCN1CCO[C@H]2C[C@H]21. The Morgan fingerprint density at radius 1 is 1.40 bits per heavy atom. The normalized spacial score (nSPS) is 31.4. The summed E-state index contributed by atoms with van der Waals surface area (Å²) in [5.74, 6) is 0. The van der Waals surface area contributed by atoms with Gasteiger partial charge in [0.25, 0.3) is 0 Å². The maximum Gasteiger partial charge on any atom is 0.0747 e. The van der Waals surface area contributed by atoms with Crippen molar-refractivity contribution in [3.63, 3.8) is 0 Å². The van der Waals surface area contributed by atoms with E-state index in [1.165, 1.54) is 13.0 Å². The second-order valence-corrected chi connectivity index (χ2v) is 5.56. The number of ether oxygens (including phenoxy) is 2. The van der Waals surface area contributed by atoms with E-state index in [1.807, 2.05) is 0 Å². The van der Waals surface area contributed by atoms with Gasteiger partial charge in [0.2, 0.25) is 0 Å². The van der Waals surface area contributed by atoms with Gasteiger partial charge in [0.1, 0.15) is 0 Å². The van der Waals surface area contributed by atoms with Crippen molar-refractivity contribution in [2.75, 3.05) is 26.3 Å². The molecule has 2 atom stereocenters. The molecule has 1 aliphatic heterocycles. The molecule has 88 valence electrons. The van der Waals surface area contributed by atoms with Gasteiger partial charge in [-0.05, 0) is 33.6 Å². The van der Waals surface area contributed by atoms with Crippen LogP contribution in [0.3, 0.4) is 0 Å². The van der Waals surface area contributed by atoms with E-state index >= 15 is 0 Å². The highest BCUT2D eigenvalue weighted by molar-refractivity contribution is 4.99. The third-order valence-corrected chi connectivity index (χ3v) is 3.00. The molecule has 2 fully saturated rings. The van der Waals surface area contributed by atoms with Crippen LogP contribution >= 0.6 is 0 Å². The first-order valence-electron chi connectivity index (χ1n) is 6.06. The van der Waals surface area contributed by atoms with E-state index in [0.29, 0.717) is 6.10 Å². The maximum atomic E-state index is 5.71. The Morgan fingerprint density at radius 2 is 2.20 bits per heavy atom. The number of hydrogen-bond donors (Lipinski definition) is 0. The van der Waals surface area contributed by atoms with Crippen LogP contribution in [0.2, 0.25) is 0 Å². The van der Waals surface area contributed by atoms with Gasteiger partial charge in [0, 0.05) is 25.7 Å². The van der Waals surface area contributed by atoms with Crippen LogP contribution in [0.5, 0.6) is 0 Å². The van der Waals surface area contributed by atoms with Gasteiger partial charge in [0.15, 0.2) is 0 Å². The molecule has 0 aromatic rings. The van der Waals surface area contributed by atoms with Crippen molar-refractivity contribution >= 4 is 0 Å². The lowest BCUT2D eigenvalue weighted by atomic mass is 10.2. The van der Waals surface area contributed by atoms with Crippen molar-refractivity contribution in [1.29, 1.82) is 0 Å². The van der Waals surface area contributed by atoms with Crippen LogP contribution in [0.1, 0.15) is 33.6 Å². The Labute approximate surface area is 92.7 Å². The minimum atomic E-state index is 0.00707. The number of morpholine rings is 1. The summed E-state index contributed by atoms with van der Waals surface area (Å²) in [7, 11) is 0. The Bertz CT molecular complexity index is 212. The van der Waals surface area contributed by atoms with Crippen LogP contribution in [0.15, 0.2) is 0 Å². The van der Waals surface area contributed by atoms with Crippen molar-refractivity contribution in [3.8, 4) is 0 Å². The summed E-state index contributed by atoms with van der Waals surface area (Å²) in [6.07, 6.45) is 2.95. The van der Waals surface area contributed by atoms with Crippen molar-refractivity contribution in [3.05, 3.63) is 0 Å². The molecule has 1 aliphatic carbocycles. The molecular weight excluding hydrogens is 190 g/mol. The molecule has 2 aliphatic rings. The molecule has 3 nitrogen and oxygen atoms in total. The summed E-state index contributed by atoms with van der Waals surface area (Å²) < 4.78 is 11.3. The van der Waals surface area contributed by atoms with E-state index in [1.54, 1.807) is 0 Å². The van der Waals surface area contributed by atoms with Gasteiger partial charge in [-0.2, -0.15) is 0 Å². The molecule has 0 radical (unpaired) electrons. The highest BCUT2D eigenvalue weighted by Crippen LogP contribution is 2.34. The molecule has 1 heterocycles. The minimum Gasteiger partial charge on any atom is -0.376 e. The fraction of sp³-hybridized carbons (Fsp3) is 1.00. The summed E-state index contributed by atoms with van der Waals surface area (Å²) in [5, 5.41) is 0. The van der Waals surface area contributed by atoms with E-state index in [9.17, 15) is 0 Å². The standard InChI is InChI=1S/C12H23NO2/c1-12(2,3)15-7-4-5-13-6-8-14-11-9-10(11)13/h10-11H,4-9H2,1-3H3/t10-,11+/m1/s1. The van der Waals surface area contributed by atoms with Crippen LogP contribution in [-0.4, -0.2) is 49.0 Å². The average Bonchev–Trinajstić information content (AvgIpc) is 2.89. The zero-order chi connectivity index (χ0) is 10.9. The second-order valence-electron chi connectivity index (χ2n) is 5.56. The zero-order valence-electron chi connectivity index (χ0n) is 10.2. The molecule has 1 saturated heterocycles. The lowest BCUT2D eigenvalue weighted by Crippen LogP contribution is -2.37. The van der Waals surface area contributed by atoms with Gasteiger partial charge in [-0.25, -0.2) is 0 Å². The molecule has 1 saturated carbocycles. The van der Waals surface area contributed by atoms with Crippen LogP contribution in [0, 0.1) is 0 Å². The first-order valence-corrected chi connectivity index (χ1v) is 6.06. The smallest absolute Gasteiger partial charge is 0.0747 e. The maximum absolute atomic E-state index is 5.71. The molecular formula is C12H23NO2. The third kappa shape index (κ3) is 3.44. The number of hydrogen-bond acceptors (Lipinski definition) is 3. The van der Waals surface area contributed by atoms with Crippen molar-refractivity contribution < 1.29 is 9.47 Å². The molecule has 0 bridgehead atoms. The van der Waals surface area contributed by atoms with Gasteiger partial charge >= 0.3 is 0 Å². The van der Waals surface area contributed by atoms with Crippen LogP contribution < -0.4 is 0 Å². The zero-order valence-corrected chi connectivity index (χ0v) is 10.2. The molecule has 0 aromatic heterocycles. The summed E-state index contributed by atoms with van der Waals surface area (Å²) in [6, 6.07) is 0.730. The van der Waals surface area contributed by atoms with E-state index < -0.39 is 0 Å². The minimum absolute atomic E-state index is 0.00707. The highest BCUT2D eigenvalue weighted by atomic mass is 16.5. The molecule has 0 amide bonds. The lowest BCUT2D eigenvalue weighted by molar-refractivity contribution is -0.0137. The van der Waals surface area contributed by atoms with Gasteiger partial charge in [-0.1, -0.05) is 0 Å². The molecule has 0 aromatic carbocycles. The molecule has 15 heavy (non-hydrogen) atoms. The number of nitrogens with zero attached hydrogens (tertiary/aromatic N) is 1. The fourth-order valence-electron chi connectivity index (χ4n) is 2.13. The Hall–Kier alpha value is -0.120. The predicted octanol–water partition coefficient (Wildman–Crippen LogP) is 1.66. The average molecular weight is 213 g/mol. The Morgan fingerprint density at radius 3 is 2.93 bits per heavy atom. The fourth-order valence-corrected chi connectivity index (χ4v) is 2.13. The van der Waals surface area contributed by atoms with E-state index in [0.717, 1.165) is 32.2 Å². The Balaban J connectivity index is 1.58. The van der Waals surface area contributed by atoms with Crippen LogP contribution in [-0.2, 0) is 9.47 Å². The topological polar surface area (TPSA) is 21.7 Å². The first kappa shape index (κ1) is 11.4. The molecule has 0 unspecified atom stereocenters. The number of rotatable bonds is 4. The summed E-state index contributed by atoms with van der Waals surface area (Å²) in [6.45, 7) is 10.4. The van der Waals surface area contributed by atoms with E-state index in [2.05, 4.69) is 25.7 Å². The largest absolute Gasteiger partial charge is 0.376 e. The Kier molecular flexibility index (Phi) is 3.33. The van der Waals surface area contributed by atoms with E-state index in [4.69, 9.17) is 9.47 Å². The van der Waals surface area contributed by atoms with Crippen molar-refractivity contribution in [2.45, 2.75) is 51.4 Å². The monoisotopic (exact) mass is 213 g/mol. The third-order valence-electron chi connectivity index (χ3n) is 3.00. The summed E-state index contributed by atoms with van der Waals surface area (Å²) >= 11 is 0. The van der Waals surface area contributed by atoms with Crippen molar-refractivity contribution in [1.82, 2.24) is 4.90 Å². The van der Waals surface area contributed by atoms with Gasteiger partial charge in [-0.3, -0.25) is 4.90 Å². The molecule has 2 rings (SSSR count). The molecule has 3 heteroatoms. The summed E-state index contributed by atoms with van der Waals surface area (Å²) in [5.41, 5.74) is 0.00707. The van der Waals surface area contributed by atoms with Gasteiger partial charge in [-0.15, -0.1) is 0 Å². The second kappa shape index (κ2) is 4.40. The molecule has 0 N–H and O–H groups in total. The van der Waals surface area contributed by atoms with Gasteiger partial charge < -0.3 is 9.47 Å². The summed E-state index contributed by atoms with van der Waals surface area (Å²) in [4.78, 5) is 2.56. The highest BCUT2D eigenvalue weighted by Gasteiger charge is 2.45. The van der Waals surface area contributed by atoms with Crippen LogP contribution in [0.4, 0.5) is 0 Å².